The summed E-state index contributed by atoms with van der Waals surface area (Å²) in [5.74, 6) is 1.14. The number of benzene rings is 1. The number of aromatic nitrogens is 4. The van der Waals surface area contributed by atoms with Crippen molar-refractivity contribution in [2.24, 2.45) is 7.05 Å². The molecule has 0 aliphatic rings. The van der Waals surface area contributed by atoms with Crippen LogP contribution in [0.4, 0.5) is 11.8 Å². The number of hydrogen-bond donors (Lipinski definition) is 4. The fourth-order valence-corrected chi connectivity index (χ4v) is 2.76. The number of anilines is 2. The summed E-state index contributed by atoms with van der Waals surface area (Å²) in [6.45, 7) is 4.37. The lowest BCUT2D eigenvalue weighted by Gasteiger charge is -2.17. The molecular formula is C18H23ClN6O2. The summed E-state index contributed by atoms with van der Waals surface area (Å²) < 4.78 is 1.81. The topological polar surface area (TPSA) is 108 Å². The normalized spacial score (nSPS) is 11.7. The highest BCUT2D eigenvalue weighted by Gasteiger charge is 2.15. The highest BCUT2D eigenvalue weighted by Crippen LogP contribution is 2.25. The van der Waals surface area contributed by atoms with Gasteiger partial charge in [-0.2, -0.15) is 9.97 Å². The minimum atomic E-state index is -0.769. The maximum absolute atomic E-state index is 9.99. The third-order valence-corrected chi connectivity index (χ3v) is 4.30. The summed E-state index contributed by atoms with van der Waals surface area (Å²) in [5.41, 5.74) is 1.19. The van der Waals surface area contributed by atoms with Gasteiger partial charge in [-0.1, -0.05) is 11.6 Å². The number of imidazole rings is 1. The predicted octanol–water partition coefficient (Wildman–Crippen LogP) is 2.91. The Morgan fingerprint density at radius 3 is 2.74 bits per heavy atom. The van der Waals surface area contributed by atoms with E-state index in [4.69, 9.17) is 11.6 Å². The molecule has 8 nitrogen and oxygen atoms in total. The Morgan fingerprint density at radius 2 is 2.00 bits per heavy atom. The number of rotatable bonds is 7. The van der Waals surface area contributed by atoms with Gasteiger partial charge in [-0.05, 0) is 38.5 Å². The average molecular weight is 391 g/mol. The molecule has 27 heavy (non-hydrogen) atoms. The number of phenols is 1. The minimum absolute atomic E-state index is 0.154. The summed E-state index contributed by atoms with van der Waals surface area (Å²) in [6, 6.07) is 4.88. The maximum Gasteiger partial charge on any atom is 0.226 e. The number of nitrogens with zero attached hydrogens (tertiary/aromatic N) is 4. The van der Waals surface area contributed by atoms with Gasteiger partial charge < -0.3 is 25.4 Å². The molecule has 2 aromatic heterocycles. The largest absolute Gasteiger partial charge is 0.508 e. The molecule has 0 aliphatic heterocycles. The molecule has 3 aromatic rings. The van der Waals surface area contributed by atoms with E-state index in [-0.39, 0.29) is 5.75 Å². The van der Waals surface area contributed by atoms with Crippen LogP contribution >= 0.6 is 11.6 Å². The summed E-state index contributed by atoms with van der Waals surface area (Å²) in [6.07, 6.45) is 2.22. The molecule has 0 atom stereocenters. The number of aryl methyl sites for hydroxylation is 1. The van der Waals surface area contributed by atoms with Crippen LogP contribution in [0.5, 0.6) is 5.75 Å². The first-order valence-corrected chi connectivity index (χ1v) is 8.97. The van der Waals surface area contributed by atoms with E-state index in [1.165, 1.54) is 0 Å². The molecular weight excluding hydrogens is 368 g/mol. The molecule has 0 unspecified atom stereocenters. The lowest BCUT2D eigenvalue weighted by Crippen LogP contribution is -2.23. The van der Waals surface area contributed by atoms with Gasteiger partial charge >= 0.3 is 0 Å². The molecule has 0 radical (unpaired) electrons. The summed E-state index contributed by atoms with van der Waals surface area (Å²) in [4.78, 5) is 13.3. The average Bonchev–Trinajstić information content (AvgIpc) is 2.96. The standard InChI is InChI=1S/C18H23ClN6O2/c1-18(2,27)6-7-20-17-23-15(14-16(24-17)25(3)10-22-14)21-9-11-8-12(19)4-5-13(11)26/h4-5,8,10,26-27H,6-7,9H2,1-3H3,(H2,20,21,23,24). The maximum atomic E-state index is 9.99. The molecule has 0 saturated carbocycles. The fourth-order valence-electron chi connectivity index (χ4n) is 2.56. The van der Waals surface area contributed by atoms with Crippen LogP contribution in [0.1, 0.15) is 25.8 Å². The van der Waals surface area contributed by atoms with Crippen molar-refractivity contribution in [3.63, 3.8) is 0 Å². The van der Waals surface area contributed by atoms with Crippen LogP contribution in [0, 0.1) is 0 Å². The minimum Gasteiger partial charge on any atom is -0.508 e. The highest BCUT2D eigenvalue weighted by molar-refractivity contribution is 6.30. The van der Waals surface area contributed by atoms with Crippen LogP contribution in [0.2, 0.25) is 5.02 Å². The lowest BCUT2D eigenvalue weighted by molar-refractivity contribution is 0.0748. The van der Waals surface area contributed by atoms with Crippen molar-refractivity contribution in [3.05, 3.63) is 35.1 Å². The van der Waals surface area contributed by atoms with Gasteiger partial charge in [0, 0.05) is 30.7 Å². The van der Waals surface area contributed by atoms with Crippen molar-refractivity contribution < 1.29 is 10.2 Å². The Kier molecular flexibility index (Phi) is 5.38. The van der Waals surface area contributed by atoms with E-state index >= 15 is 0 Å². The summed E-state index contributed by atoms with van der Waals surface area (Å²) in [5, 5.41) is 26.7. The van der Waals surface area contributed by atoms with E-state index in [0.29, 0.717) is 53.0 Å². The van der Waals surface area contributed by atoms with Crippen LogP contribution in [-0.4, -0.2) is 41.9 Å². The summed E-state index contributed by atoms with van der Waals surface area (Å²) in [7, 11) is 1.86. The number of aromatic hydroxyl groups is 1. The monoisotopic (exact) mass is 390 g/mol. The first kappa shape index (κ1) is 19.2. The Labute approximate surface area is 162 Å². The molecule has 4 N–H and O–H groups in total. The van der Waals surface area contributed by atoms with Crippen molar-refractivity contribution in [2.75, 3.05) is 17.2 Å². The van der Waals surface area contributed by atoms with E-state index in [9.17, 15) is 10.2 Å². The zero-order chi connectivity index (χ0) is 19.6. The van der Waals surface area contributed by atoms with Gasteiger partial charge in [0.15, 0.2) is 17.0 Å². The Hall–Kier alpha value is -2.58. The molecule has 0 aliphatic carbocycles. The number of nitrogens with one attached hydrogen (secondary N) is 2. The Morgan fingerprint density at radius 1 is 1.22 bits per heavy atom. The quantitative estimate of drug-likeness (QED) is 0.491. The summed E-state index contributed by atoms with van der Waals surface area (Å²) >= 11 is 6.01. The molecule has 0 saturated heterocycles. The SMILES string of the molecule is Cn1cnc2c(NCc3cc(Cl)ccc3O)nc(NCCC(C)(C)O)nc21. The van der Waals surface area contributed by atoms with E-state index < -0.39 is 5.60 Å². The Balaban J connectivity index is 1.83. The number of halogens is 1. The van der Waals surface area contributed by atoms with Gasteiger partial charge in [-0.15, -0.1) is 0 Å². The Bertz CT molecular complexity index is 951. The van der Waals surface area contributed by atoms with Gasteiger partial charge in [0.1, 0.15) is 5.75 Å². The van der Waals surface area contributed by atoms with Gasteiger partial charge in [0.2, 0.25) is 5.95 Å². The van der Waals surface area contributed by atoms with Crippen molar-refractivity contribution in [2.45, 2.75) is 32.4 Å². The first-order chi connectivity index (χ1) is 12.7. The molecule has 3 rings (SSSR count). The van der Waals surface area contributed by atoms with Crippen LogP contribution < -0.4 is 10.6 Å². The van der Waals surface area contributed by atoms with Gasteiger partial charge in [-0.3, -0.25) is 0 Å². The fraction of sp³-hybridized carbons (Fsp3) is 0.389. The third-order valence-electron chi connectivity index (χ3n) is 4.07. The van der Waals surface area contributed by atoms with Crippen LogP contribution in [-0.2, 0) is 13.6 Å². The van der Waals surface area contributed by atoms with Crippen LogP contribution in [0.3, 0.4) is 0 Å². The molecule has 0 fully saturated rings. The second kappa shape index (κ2) is 7.58. The van der Waals surface area contributed by atoms with Crippen molar-refractivity contribution >= 4 is 34.5 Å². The molecule has 0 bridgehead atoms. The number of aliphatic hydroxyl groups is 1. The second-order valence-electron chi connectivity index (χ2n) is 7.04. The molecule has 2 heterocycles. The van der Waals surface area contributed by atoms with E-state index in [1.807, 2.05) is 7.05 Å². The predicted molar refractivity (Wildman–Crippen MR) is 106 cm³/mol. The van der Waals surface area contributed by atoms with Gasteiger partial charge in [-0.25, -0.2) is 4.98 Å². The molecule has 144 valence electrons. The van der Waals surface area contributed by atoms with Gasteiger partial charge in [0.05, 0.1) is 11.9 Å². The second-order valence-corrected chi connectivity index (χ2v) is 7.48. The van der Waals surface area contributed by atoms with Crippen molar-refractivity contribution in [3.8, 4) is 5.75 Å². The number of fused-ring (bicyclic) bond motifs is 1. The first-order valence-electron chi connectivity index (χ1n) is 8.59. The van der Waals surface area contributed by atoms with Crippen molar-refractivity contribution in [1.29, 1.82) is 0 Å². The van der Waals surface area contributed by atoms with Crippen molar-refractivity contribution in [1.82, 2.24) is 19.5 Å². The van der Waals surface area contributed by atoms with Crippen LogP contribution in [0.15, 0.2) is 24.5 Å². The number of hydrogen-bond acceptors (Lipinski definition) is 7. The molecule has 9 heteroatoms. The molecule has 0 spiro atoms. The highest BCUT2D eigenvalue weighted by atomic mass is 35.5. The molecule has 0 amide bonds. The zero-order valence-electron chi connectivity index (χ0n) is 15.5. The van der Waals surface area contributed by atoms with E-state index in [0.717, 1.165) is 0 Å². The smallest absolute Gasteiger partial charge is 0.226 e. The van der Waals surface area contributed by atoms with E-state index in [2.05, 4.69) is 25.6 Å². The number of phenolic OH excluding ortho intramolecular Hbond substituents is 1. The third kappa shape index (κ3) is 4.78. The molecule has 1 aromatic carbocycles. The van der Waals surface area contributed by atoms with E-state index in [1.54, 1.807) is 42.9 Å². The zero-order valence-corrected chi connectivity index (χ0v) is 16.2. The lowest BCUT2D eigenvalue weighted by atomic mass is 10.1. The van der Waals surface area contributed by atoms with Crippen LogP contribution in [0.25, 0.3) is 11.2 Å². The van der Waals surface area contributed by atoms with Gasteiger partial charge in [0.25, 0.3) is 0 Å².